The first-order chi connectivity index (χ1) is 18.8. The van der Waals surface area contributed by atoms with Gasteiger partial charge in [0.15, 0.2) is 0 Å². The van der Waals surface area contributed by atoms with E-state index in [1.54, 1.807) is 46.8 Å². The number of rotatable bonds is 13. The zero-order chi connectivity index (χ0) is 30.0. The molecule has 0 spiro atoms. The lowest BCUT2D eigenvalue weighted by atomic mass is 9.96. The van der Waals surface area contributed by atoms with Crippen LogP contribution >= 0.6 is 0 Å². The molecule has 0 saturated carbocycles. The second-order valence-electron chi connectivity index (χ2n) is 9.91. The zero-order valence-corrected chi connectivity index (χ0v) is 23.8. The topological polar surface area (TPSA) is 105 Å². The minimum Gasteiger partial charge on any atom is -0.461 e. The average molecular weight is 549 g/mol. The zero-order valence-electron chi connectivity index (χ0n) is 23.8. The third-order valence-corrected chi connectivity index (χ3v) is 5.45. The Hall–Kier alpha value is -4.46. The normalized spacial score (nSPS) is 10.4. The molecule has 0 aliphatic carbocycles. The Balaban J connectivity index is 2.51. The Morgan fingerprint density at radius 1 is 0.550 bits per heavy atom. The van der Waals surface area contributed by atoms with Crippen LogP contribution in [0.2, 0.25) is 0 Å². The van der Waals surface area contributed by atoms with Crippen LogP contribution in [0.25, 0.3) is 11.1 Å². The molecule has 0 amide bonds. The summed E-state index contributed by atoms with van der Waals surface area (Å²) >= 11 is 0. The van der Waals surface area contributed by atoms with E-state index < -0.39 is 17.9 Å². The molecule has 0 aromatic heterocycles. The van der Waals surface area contributed by atoms with Gasteiger partial charge in [-0.3, -0.25) is 4.79 Å². The third-order valence-electron chi connectivity index (χ3n) is 5.45. The molecule has 0 fully saturated rings. The molecule has 8 heteroatoms. The summed E-state index contributed by atoms with van der Waals surface area (Å²) in [6.07, 6.45) is 0. The largest absolute Gasteiger partial charge is 0.461 e. The van der Waals surface area contributed by atoms with E-state index >= 15 is 0 Å². The maximum Gasteiger partial charge on any atom is 0.333 e. The van der Waals surface area contributed by atoms with Crippen LogP contribution in [0.1, 0.15) is 56.9 Å². The van der Waals surface area contributed by atoms with Crippen molar-refractivity contribution in [1.82, 2.24) is 0 Å². The van der Waals surface area contributed by atoms with E-state index in [4.69, 9.17) is 18.9 Å². The number of hydrogen-bond acceptors (Lipinski definition) is 8. The highest BCUT2D eigenvalue weighted by Gasteiger charge is 2.14. The lowest BCUT2D eigenvalue weighted by Crippen LogP contribution is -2.11. The van der Waals surface area contributed by atoms with Gasteiger partial charge >= 0.3 is 23.9 Å². The van der Waals surface area contributed by atoms with Gasteiger partial charge in [-0.25, -0.2) is 14.4 Å². The van der Waals surface area contributed by atoms with Gasteiger partial charge in [-0.1, -0.05) is 33.6 Å². The molecule has 2 aromatic rings. The van der Waals surface area contributed by atoms with Crippen LogP contribution in [-0.2, 0) is 64.6 Å². The number of carbonyl (C=O) groups is 4. The predicted octanol–water partition coefficient (Wildman–Crippen LogP) is 5.91. The number of ether oxygens (including phenoxy) is 4. The summed E-state index contributed by atoms with van der Waals surface area (Å²) in [5.41, 5.74) is 4.90. The van der Waals surface area contributed by atoms with Crippen molar-refractivity contribution in [1.29, 1.82) is 0 Å². The maximum atomic E-state index is 12.1. The minimum atomic E-state index is -0.531. The molecular weight excluding hydrogens is 512 g/mol. The van der Waals surface area contributed by atoms with Crippen molar-refractivity contribution in [3.63, 3.8) is 0 Å². The molecule has 0 atom stereocenters. The molecule has 0 unspecified atom stereocenters. The van der Waals surface area contributed by atoms with Crippen molar-refractivity contribution >= 4 is 23.9 Å². The summed E-state index contributed by atoms with van der Waals surface area (Å²) < 4.78 is 21.4. The highest BCUT2D eigenvalue weighted by atomic mass is 16.5. The fraction of sp³-hybridized carbons (Fsp3) is 0.312. The summed E-state index contributed by atoms with van der Waals surface area (Å²) in [6, 6.07) is 10.9. The van der Waals surface area contributed by atoms with E-state index in [2.05, 4.69) is 19.7 Å². The van der Waals surface area contributed by atoms with Gasteiger partial charge < -0.3 is 18.9 Å². The summed E-state index contributed by atoms with van der Waals surface area (Å²) in [5, 5.41) is 0. The molecule has 0 aliphatic rings. The standard InChI is InChI=1S/C32H36O8/c1-19(2)29(33)37-15-23-9-24(16-38-30(34)20(3)4)12-27(11-23)28-13-25(17-39-31(35)21(5)6)10-26(14-28)18-40-32(36)22(7)8/h9-14,22H,1,3,5,15-18H2,2,4,6-8H3. The fourth-order valence-electron chi connectivity index (χ4n) is 3.33. The molecule has 2 rings (SSSR count). The van der Waals surface area contributed by atoms with Crippen molar-refractivity contribution in [2.45, 2.75) is 61.0 Å². The first kappa shape index (κ1) is 31.8. The van der Waals surface area contributed by atoms with Crippen molar-refractivity contribution in [2.75, 3.05) is 0 Å². The fourth-order valence-corrected chi connectivity index (χ4v) is 3.33. The molecule has 212 valence electrons. The average Bonchev–Trinajstić information content (AvgIpc) is 2.91. The lowest BCUT2D eigenvalue weighted by Gasteiger charge is -2.15. The van der Waals surface area contributed by atoms with Crippen LogP contribution in [-0.4, -0.2) is 23.9 Å². The van der Waals surface area contributed by atoms with Crippen LogP contribution < -0.4 is 0 Å². The quantitative estimate of drug-likeness (QED) is 0.173. The van der Waals surface area contributed by atoms with E-state index in [0.717, 1.165) is 11.1 Å². The van der Waals surface area contributed by atoms with E-state index in [1.165, 1.54) is 0 Å². The summed E-state index contributed by atoms with van der Waals surface area (Å²) in [7, 11) is 0. The van der Waals surface area contributed by atoms with Gasteiger partial charge in [0.25, 0.3) is 0 Å². The summed E-state index contributed by atoms with van der Waals surface area (Å²) in [6.45, 7) is 18.9. The third kappa shape index (κ3) is 10.0. The van der Waals surface area contributed by atoms with Crippen molar-refractivity contribution < 1.29 is 38.1 Å². The first-order valence-corrected chi connectivity index (χ1v) is 12.7. The first-order valence-electron chi connectivity index (χ1n) is 12.7. The number of benzene rings is 2. The Bertz CT molecular complexity index is 1280. The molecule has 0 saturated heterocycles. The van der Waals surface area contributed by atoms with E-state index in [0.29, 0.717) is 22.3 Å². The van der Waals surface area contributed by atoms with Gasteiger partial charge in [0.2, 0.25) is 0 Å². The number of hydrogen-bond donors (Lipinski definition) is 0. The van der Waals surface area contributed by atoms with Crippen molar-refractivity contribution in [2.24, 2.45) is 5.92 Å². The van der Waals surface area contributed by atoms with Crippen LogP contribution in [0, 0.1) is 5.92 Å². The van der Waals surface area contributed by atoms with Crippen LogP contribution in [0.3, 0.4) is 0 Å². The minimum absolute atomic E-state index is 0.0191. The second kappa shape index (κ2) is 14.6. The number of carbonyl (C=O) groups excluding carboxylic acids is 4. The summed E-state index contributed by atoms with van der Waals surface area (Å²) in [4.78, 5) is 48.1. The van der Waals surface area contributed by atoms with Gasteiger partial charge in [0.05, 0.1) is 5.92 Å². The molecule has 0 N–H and O–H groups in total. The van der Waals surface area contributed by atoms with E-state index in [1.807, 2.05) is 24.3 Å². The smallest absolute Gasteiger partial charge is 0.333 e. The van der Waals surface area contributed by atoms with Crippen LogP contribution in [0.15, 0.2) is 72.9 Å². The van der Waals surface area contributed by atoms with Gasteiger partial charge in [0.1, 0.15) is 26.4 Å². The van der Waals surface area contributed by atoms with Gasteiger partial charge in [0, 0.05) is 16.7 Å². The molecule has 2 aromatic carbocycles. The monoisotopic (exact) mass is 548 g/mol. The molecule has 0 bridgehead atoms. The van der Waals surface area contributed by atoms with Gasteiger partial charge in [-0.2, -0.15) is 0 Å². The highest BCUT2D eigenvalue weighted by molar-refractivity contribution is 5.87. The van der Waals surface area contributed by atoms with Crippen LogP contribution in [0.5, 0.6) is 0 Å². The Labute approximate surface area is 235 Å². The van der Waals surface area contributed by atoms with Gasteiger partial charge in [-0.05, 0) is 90.6 Å². The lowest BCUT2D eigenvalue weighted by molar-refractivity contribution is -0.148. The SMILES string of the molecule is C=C(C)C(=O)OCc1cc(COC(=O)C(=C)C)cc(-c2cc(COC(=O)C(=C)C)cc(COC(=O)C(C)C)c2)c1. The maximum absolute atomic E-state index is 12.1. The van der Waals surface area contributed by atoms with Crippen molar-refractivity contribution in [3.05, 3.63) is 95.1 Å². The summed E-state index contributed by atoms with van der Waals surface area (Å²) in [5.74, 6) is -2.22. The Kier molecular flexibility index (Phi) is 11.6. The Morgan fingerprint density at radius 3 is 1.07 bits per heavy atom. The van der Waals surface area contributed by atoms with Gasteiger partial charge in [-0.15, -0.1) is 0 Å². The van der Waals surface area contributed by atoms with Crippen molar-refractivity contribution in [3.8, 4) is 11.1 Å². The molecule has 40 heavy (non-hydrogen) atoms. The molecule has 8 nitrogen and oxygen atoms in total. The Morgan fingerprint density at radius 2 is 0.825 bits per heavy atom. The van der Waals surface area contributed by atoms with E-state index in [9.17, 15) is 19.2 Å². The van der Waals surface area contributed by atoms with Crippen LogP contribution in [0.4, 0.5) is 0 Å². The molecular formula is C32H36O8. The predicted molar refractivity (Wildman–Crippen MR) is 150 cm³/mol. The molecule has 0 aliphatic heterocycles. The number of esters is 4. The molecule has 0 heterocycles. The highest BCUT2D eigenvalue weighted by Crippen LogP contribution is 2.27. The van der Waals surface area contributed by atoms with E-state index in [-0.39, 0.29) is 55.0 Å². The second-order valence-corrected chi connectivity index (χ2v) is 9.91. The molecule has 0 radical (unpaired) electrons.